The normalized spacial score (nSPS) is 36.6. The Hall–Kier alpha value is -0.280. The lowest BCUT2D eigenvalue weighted by atomic mass is 9.99. The molecule has 3 nitrogen and oxygen atoms in total. The second kappa shape index (κ2) is 5.57. The fourth-order valence-corrected chi connectivity index (χ4v) is 3.46. The van der Waals surface area contributed by atoms with Crippen molar-refractivity contribution in [2.75, 3.05) is 13.1 Å². The van der Waals surface area contributed by atoms with Crippen molar-refractivity contribution in [2.24, 2.45) is 17.8 Å². The highest BCUT2D eigenvalue weighted by molar-refractivity contribution is 5.85. The van der Waals surface area contributed by atoms with Crippen LogP contribution in [0.1, 0.15) is 38.5 Å². The molecule has 3 rings (SSSR count). The Morgan fingerprint density at radius 2 is 1.59 bits per heavy atom. The molecule has 17 heavy (non-hydrogen) atoms. The molecule has 0 aromatic carbocycles. The lowest BCUT2D eigenvalue weighted by Crippen LogP contribution is -2.36. The number of carbonyl (C=O) groups excluding carboxylic acids is 1. The summed E-state index contributed by atoms with van der Waals surface area (Å²) in [7, 11) is 0. The molecule has 3 aliphatic rings. The Kier molecular flexibility index (Phi) is 4.31. The maximum atomic E-state index is 12.1. The predicted molar refractivity (Wildman–Crippen MR) is 70.2 cm³/mol. The van der Waals surface area contributed by atoms with Gasteiger partial charge in [-0.05, 0) is 24.7 Å². The number of amides is 1. The Bertz CT molecular complexity index is 267. The summed E-state index contributed by atoms with van der Waals surface area (Å²) in [6.07, 6.45) is 7.37. The highest BCUT2D eigenvalue weighted by atomic mass is 35.5. The van der Waals surface area contributed by atoms with Crippen molar-refractivity contribution in [3.05, 3.63) is 0 Å². The lowest BCUT2D eigenvalue weighted by molar-refractivity contribution is -0.125. The highest BCUT2D eigenvalue weighted by Gasteiger charge is 2.53. The van der Waals surface area contributed by atoms with Crippen molar-refractivity contribution in [1.29, 1.82) is 0 Å². The van der Waals surface area contributed by atoms with E-state index in [4.69, 9.17) is 0 Å². The van der Waals surface area contributed by atoms with Crippen LogP contribution in [-0.4, -0.2) is 25.0 Å². The van der Waals surface area contributed by atoms with E-state index in [9.17, 15) is 4.79 Å². The zero-order valence-electron chi connectivity index (χ0n) is 10.3. The van der Waals surface area contributed by atoms with E-state index < -0.39 is 0 Å². The van der Waals surface area contributed by atoms with Crippen LogP contribution in [0.15, 0.2) is 0 Å². The molecule has 4 heteroatoms. The maximum Gasteiger partial charge on any atom is 0.223 e. The number of nitrogens with one attached hydrogen (secondary N) is 2. The van der Waals surface area contributed by atoms with E-state index in [1.165, 1.54) is 25.7 Å². The SMILES string of the molecule is Cl.O=C(NC1C2CNCC21)C1CCCCCC1. The summed E-state index contributed by atoms with van der Waals surface area (Å²) in [6.45, 7) is 2.22. The van der Waals surface area contributed by atoms with Crippen LogP contribution in [0, 0.1) is 17.8 Å². The quantitative estimate of drug-likeness (QED) is 0.741. The number of piperidine rings is 1. The molecular formula is C13H23ClN2O. The summed E-state index contributed by atoms with van der Waals surface area (Å²) < 4.78 is 0. The van der Waals surface area contributed by atoms with E-state index in [1.54, 1.807) is 0 Å². The summed E-state index contributed by atoms with van der Waals surface area (Å²) in [6, 6.07) is 0.511. The molecule has 0 spiro atoms. The molecule has 1 amide bonds. The molecular weight excluding hydrogens is 236 g/mol. The van der Waals surface area contributed by atoms with Crippen molar-refractivity contribution in [3.8, 4) is 0 Å². The van der Waals surface area contributed by atoms with E-state index in [0.29, 0.717) is 17.9 Å². The van der Waals surface area contributed by atoms with E-state index in [1.807, 2.05) is 0 Å². The first-order valence-corrected chi connectivity index (χ1v) is 6.87. The summed E-state index contributed by atoms with van der Waals surface area (Å²) >= 11 is 0. The summed E-state index contributed by atoms with van der Waals surface area (Å²) in [4.78, 5) is 12.1. The van der Waals surface area contributed by atoms with E-state index in [2.05, 4.69) is 10.6 Å². The standard InChI is InChI=1S/C13H22N2O.ClH/c16-13(9-5-3-1-2-4-6-9)15-12-10-7-14-8-11(10)12;/h9-12,14H,1-8H2,(H,15,16);1H. The number of halogens is 1. The van der Waals surface area contributed by atoms with Crippen LogP contribution in [0.5, 0.6) is 0 Å². The van der Waals surface area contributed by atoms with Gasteiger partial charge in [-0.25, -0.2) is 0 Å². The van der Waals surface area contributed by atoms with Crippen LogP contribution in [-0.2, 0) is 4.79 Å². The van der Waals surface area contributed by atoms with E-state index in [-0.39, 0.29) is 12.4 Å². The topological polar surface area (TPSA) is 41.1 Å². The number of hydrogen-bond donors (Lipinski definition) is 2. The van der Waals surface area contributed by atoms with Gasteiger partial charge in [0, 0.05) is 25.0 Å². The Morgan fingerprint density at radius 3 is 2.18 bits per heavy atom. The minimum Gasteiger partial charge on any atom is -0.352 e. The second-order valence-corrected chi connectivity index (χ2v) is 5.71. The van der Waals surface area contributed by atoms with E-state index >= 15 is 0 Å². The van der Waals surface area contributed by atoms with Gasteiger partial charge in [-0.2, -0.15) is 0 Å². The Labute approximate surface area is 110 Å². The van der Waals surface area contributed by atoms with Gasteiger partial charge < -0.3 is 10.6 Å². The van der Waals surface area contributed by atoms with E-state index in [0.717, 1.165) is 37.8 Å². The van der Waals surface area contributed by atoms with Crippen molar-refractivity contribution in [2.45, 2.75) is 44.6 Å². The molecule has 2 unspecified atom stereocenters. The number of fused-ring (bicyclic) bond motifs is 1. The largest absolute Gasteiger partial charge is 0.352 e. The third-order valence-corrected chi connectivity index (χ3v) is 4.63. The molecule has 1 aliphatic heterocycles. The zero-order valence-corrected chi connectivity index (χ0v) is 11.1. The summed E-state index contributed by atoms with van der Waals surface area (Å²) in [5.41, 5.74) is 0. The van der Waals surface area contributed by atoms with Gasteiger partial charge in [0.1, 0.15) is 0 Å². The van der Waals surface area contributed by atoms with Gasteiger partial charge in [0.25, 0.3) is 0 Å². The monoisotopic (exact) mass is 258 g/mol. The first kappa shape index (κ1) is 13.2. The second-order valence-electron chi connectivity index (χ2n) is 5.71. The molecule has 98 valence electrons. The molecule has 1 saturated heterocycles. The fourth-order valence-electron chi connectivity index (χ4n) is 3.46. The minimum absolute atomic E-state index is 0. The molecule has 0 radical (unpaired) electrons. The van der Waals surface area contributed by atoms with Crippen LogP contribution >= 0.6 is 12.4 Å². The molecule has 2 saturated carbocycles. The van der Waals surface area contributed by atoms with Gasteiger partial charge in [0.15, 0.2) is 0 Å². The smallest absolute Gasteiger partial charge is 0.223 e. The van der Waals surface area contributed by atoms with Gasteiger partial charge in [0.05, 0.1) is 0 Å². The van der Waals surface area contributed by atoms with Crippen LogP contribution in [0.3, 0.4) is 0 Å². The molecule has 2 N–H and O–H groups in total. The average molecular weight is 259 g/mol. The minimum atomic E-state index is 0. The third-order valence-electron chi connectivity index (χ3n) is 4.63. The lowest BCUT2D eigenvalue weighted by Gasteiger charge is -2.15. The number of rotatable bonds is 2. The van der Waals surface area contributed by atoms with Gasteiger partial charge in [-0.1, -0.05) is 25.7 Å². The Balaban J connectivity index is 0.00000108. The summed E-state index contributed by atoms with van der Waals surface area (Å²) in [5, 5.41) is 6.64. The zero-order chi connectivity index (χ0) is 11.0. The Morgan fingerprint density at radius 1 is 1.00 bits per heavy atom. The maximum absolute atomic E-state index is 12.1. The van der Waals surface area contributed by atoms with Crippen LogP contribution in [0.2, 0.25) is 0 Å². The van der Waals surface area contributed by atoms with Gasteiger partial charge in [0.2, 0.25) is 5.91 Å². The number of carbonyl (C=O) groups is 1. The summed E-state index contributed by atoms with van der Waals surface area (Å²) in [5.74, 6) is 2.16. The van der Waals surface area contributed by atoms with Crippen molar-refractivity contribution in [1.82, 2.24) is 10.6 Å². The molecule has 2 atom stereocenters. The number of hydrogen-bond acceptors (Lipinski definition) is 2. The van der Waals surface area contributed by atoms with Crippen molar-refractivity contribution >= 4 is 18.3 Å². The van der Waals surface area contributed by atoms with Crippen molar-refractivity contribution < 1.29 is 4.79 Å². The highest BCUT2D eigenvalue weighted by Crippen LogP contribution is 2.42. The molecule has 2 aliphatic carbocycles. The van der Waals surface area contributed by atoms with Gasteiger partial charge >= 0.3 is 0 Å². The first-order valence-electron chi connectivity index (χ1n) is 6.87. The van der Waals surface area contributed by atoms with Gasteiger partial charge in [-0.3, -0.25) is 4.79 Å². The van der Waals surface area contributed by atoms with Crippen molar-refractivity contribution in [3.63, 3.8) is 0 Å². The molecule has 1 heterocycles. The fraction of sp³-hybridized carbons (Fsp3) is 0.923. The third kappa shape index (κ3) is 2.76. The predicted octanol–water partition coefficient (Wildman–Crippen LogP) is 1.71. The van der Waals surface area contributed by atoms with Gasteiger partial charge in [-0.15, -0.1) is 12.4 Å². The average Bonchev–Trinajstić information content (AvgIpc) is 2.82. The molecule has 0 aromatic rings. The van der Waals surface area contributed by atoms with Crippen LogP contribution < -0.4 is 10.6 Å². The van der Waals surface area contributed by atoms with Crippen LogP contribution in [0.25, 0.3) is 0 Å². The molecule has 0 bridgehead atoms. The first-order chi connectivity index (χ1) is 7.86. The molecule has 0 aromatic heterocycles. The van der Waals surface area contributed by atoms with Crippen LogP contribution in [0.4, 0.5) is 0 Å². The molecule has 3 fully saturated rings.